The summed E-state index contributed by atoms with van der Waals surface area (Å²) in [4.78, 5) is 17.5. The Labute approximate surface area is 160 Å². The molecule has 0 bridgehead atoms. The molecule has 5 nitrogen and oxygen atoms in total. The van der Waals surface area contributed by atoms with Crippen LogP contribution in [0.15, 0.2) is 54.6 Å². The summed E-state index contributed by atoms with van der Waals surface area (Å²) >= 11 is 0. The maximum absolute atomic E-state index is 13.0. The summed E-state index contributed by atoms with van der Waals surface area (Å²) in [6.45, 7) is 6.67. The lowest BCUT2D eigenvalue weighted by Crippen LogP contribution is -2.36. The number of hydrogen-bond acceptors (Lipinski definition) is 3. The van der Waals surface area contributed by atoms with Gasteiger partial charge in [-0.05, 0) is 37.4 Å². The van der Waals surface area contributed by atoms with Gasteiger partial charge in [-0.25, -0.2) is 0 Å². The van der Waals surface area contributed by atoms with Crippen LogP contribution < -0.4 is 0 Å². The van der Waals surface area contributed by atoms with E-state index < -0.39 is 0 Å². The van der Waals surface area contributed by atoms with E-state index in [0.29, 0.717) is 18.2 Å². The number of carbonyl (C=O) groups excluding carboxylic acids is 1. The van der Waals surface area contributed by atoms with Crippen molar-refractivity contribution >= 4 is 16.8 Å². The van der Waals surface area contributed by atoms with E-state index in [1.807, 2.05) is 36.1 Å². The van der Waals surface area contributed by atoms with E-state index in [0.717, 1.165) is 43.5 Å². The van der Waals surface area contributed by atoms with Crippen LogP contribution in [-0.2, 0) is 6.54 Å². The molecule has 1 aromatic heterocycles. The molecule has 1 aliphatic rings. The van der Waals surface area contributed by atoms with E-state index in [9.17, 15) is 4.79 Å². The highest BCUT2D eigenvalue weighted by Gasteiger charge is 2.27. The van der Waals surface area contributed by atoms with Crippen molar-refractivity contribution in [3.05, 3.63) is 65.9 Å². The van der Waals surface area contributed by atoms with Gasteiger partial charge >= 0.3 is 0 Å². The zero-order valence-corrected chi connectivity index (χ0v) is 15.8. The van der Waals surface area contributed by atoms with Gasteiger partial charge in [-0.15, -0.1) is 0 Å². The molecule has 1 saturated heterocycles. The fourth-order valence-electron chi connectivity index (χ4n) is 3.99. The van der Waals surface area contributed by atoms with Crippen molar-refractivity contribution in [2.75, 3.05) is 26.2 Å². The van der Waals surface area contributed by atoms with E-state index in [-0.39, 0.29) is 5.91 Å². The molecule has 0 radical (unpaired) electrons. The van der Waals surface area contributed by atoms with Gasteiger partial charge in [0.1, 0.15) is 0 Å². The summed E-state index contributed by atoms with van der Waals surface area (Å²) in [5.74, 6) is 0.541. The first-order valence-corrected chi connectivity index (χ1v) is 9.73. The SMILES string of the molecule is CCN(CC1CCN(Cc2ccccc2)C1)C(=O)c1n[nH]c2ccccc12. The molecule has 1 amide bonds. The summed E-state index contributed by atoms with van der Waals surface area (Å²) in [5, 5.41) is 8.15. The second-order valence-corrected chi connectivity index (χ2v) is 7.34. The number of carbonyl (C=O) groups is 1. The number of H-pyrrole nitrogens is 1. The van der Waals surface area contributed by atoms with Gasteiger partial charge < -0.3 is 4.90 Å². The number of likely N-dealkylation sites (tertiary alicyclic amines) is 1. The van der Waals surface area contributed by atoms with E-state index >= 15 is 0 Å². The predicted octanol–water partition coefficient (Wildman–Crippen LogP) is 3.55. The first-order valence-electron chi connectivity index (χ1n) is 9.73. The Morgan fingerprint density at radius 1 is 1.19 bits per heavy atom. The highest BCUT2D eigenvalue weighted by Crippen LogP contribution is 2.22. The molecule has 1 fully saturated rings. The quantitative estimate of drug-likeness (QED) is 0.730. The van der Waals surface area contributed by atoms with Crippen molar-refractivity contribution < 1.29 is 4.79 Å². The number of nitrogens with zero attached hydrogens (tertiary/aromatic N) is 3. The standard InChI is InChI=1S/C22H26N4O/c1-2-26(22(27)21-19-10-6-7-11-20(19)23-24-21)16-18-12-13-25(15-18)14-17-8-4-3-5-9-17/h3-11,18H,2,12-16H2,1H3,(H,23,24). The maximum atomic E-state index is 13.0. The van der Waals surface area contributed by atoms with Crippen molar-refractivity contribution in [1.82, 2.24) is 20.0 Å². The molecule has 0 spiro atoms. The minimum Gasteiger partial charge on any atom is -0.337 e. The second-order valence-electron chi connectivity index (χ2n) is 7.34. The maximum Gasteiger partial charge on any atom is 0.274 e. The molecule has 1 N–H and O–H groups in total. The number of fused-ring (bicyclic) bond motifs is 1. The number of benzene rings is 2. The molecule has 0 saturated carbocycles. The number of rotatable bonds is 6. The molecule has 140 valence electrons. The number of amides is 1. The predicted molar refractivity (Wildman–Crippen MR) is 107 cm³/mol. The topological polar surface area (TPSA) is 52.2 Å². The van der Waals surface area contributed by atoms with Gasteiger partial charge in [0.15, 0.2) is 5.69 Å². The van der Waals surface area contributed by atoms with E-state index in [1.54, 1.807) is 0 Å². The van der Waals surface area contributed by atoms with Crippen molar-refractivity contribution in [3.8, 4) is 0 Å². The molecule has 27 heavy (non-hydrogen) atoms. The molecular formula is C22H26N4O. The van der Waals surface area contributed by atoms with Crippen molar-refractivity contribution in [2.24, 2.45) is 5.92 Å². The molecule has 0 aliphatic carbocycles. The fraction of sp³-hybridized carbons (Fsp3) is 0.364. The van der Waals surface area contributed by atoms with Gasteiger partial charge in [0.25, 0.3) is 5.91 Å². The molecule has 4 rings (SSSR count). The molecule has 3 aromatic rings. The Hall–Kier alpha value is -2.66. The van der Waals surface area contributed by atoms with E-state index in [1.165, 1.54) is 5.56 Å². The van der Waals surface area contributed by atoms with Crippen LogP contribution in [0.2, 0.25) is 0 Å². The van der Waals surface area contributed by atoms with Crippen molar-refractivity contribution in [1.29, 1.82) is 0 Å². The van der Waals surface area contributed by atoms with E-state index in [4.69, 9.17) is 0 Å². The Morgan fingerprint density at radius 2 is 1.96 bits per heavy atom. The zero-order chi connectivity index (χ0) is 18.6. The number of nitrogens with one attached hydrogen (secondary N) is 1. The first kappa shape index (κ1) is 17.7. The average Bonchev–Trinajstić information content (AvgIpc) is 3.33. The third-order valence-corrected chi connectivity index (χ3v) is 5.44. The van der Waals surface area contributed by atoms with Crippen LogP contribution in [0.4, 0.5) is 0 Å². The van der Waals surface area contributed by atoms with Gasteiger partial charge in [-0.3, -0.25) is 14.8 Å². The Morgan fingerprint density at radius 3 is 2.78 bits per heavy atom. The third kappa shape index (κ3) is 3.88. The van der Waals surface area contributed by atoms with Crippen LogP contribution >= 0.6 is 0 Å². The summed E-state index contributed by atoms with van der Waals surface area (Å²) < 4.78 is 0. The molecule has 1 unspecified atom stereocenters. The Kier molecular flexibility index (Phi) is 5.21. The largest absolute Gasteiger partial charge is 0.337 e. The smallest absolute Gasteiger partial charge is 0.274 e. The minimum atomic E-state index is 0.0245. The Balaban J connectivity index is 1.40. The van der Waals surface area contributed by atoms with Crippen LogP contribution in [0.3, 0.4) is 0 Å². The summed E-state index contributed by atoms with van der Waals surface area (Å²) in [6.07, 6.45) is 1.14. The highest BCUT2D eigenvalue weighted by molar-refractivity contribution is 6.04. The summed E-state index contributed by atoms with van der Waals surface area (Å²) in [5.41, 5.74) is 2.79. The van der Waals surface area contributed by atoms with Crippen LogP contribution in [0.5, 0.6) is 0 Å². The molecule has 1 atom stereocenters. The summed E-state index contributed by atoms with van der Waals surface area (Å²) in [7, 11) is 0. The number of para-hydroxylation sites is 1. The molecule has 1 aliphatic heterocycles. The van der Waals surface area contributed by atoms with Gasteiger partial charge in [0.2, 0.25) is 0 Å². The fourth-order valence-corrected chi connectivity index (χ4v) is 3.99. The molecular weight excluding hydrogens is 336 g/mol. The number of aromatic nitrogens is 2. The van der Waals surface area contributed by atoms with Crippen LogP contribution in [-0.4, -0.2) is 52.1 Å². The molecule has 2 heterocycles. The van der Waals surface area contributed by atoms with Crippen LogP contribution in [0.25, 0.3) is 10.9 Å². The first-order chi connectivity index (χ1) is 13.2. The van der Waals surface area contributed by atoms with Crippen LogP contribution in [0, 0.1) is 5.92 Å². The van der Waals surface area contributed by atoms with Gasteiger partial charge in [-0.1, -0.05) is 48.5 Å². The monoisotopic (exact) mass is 362 g/mol. The zero-order valence-electron chi connectivity index (χ0n) is 15.8. The van der Waals surface area contributed by atoms with E-state index in [2.05, 4.69) is 45.4 Å². The van der Waals surface area contributed by atoms with Crippen molar-refractivity contribution in [3.63, 3.8) is 0 Å². The van der Waals surface area contributed by atoms with Gasteiger partial charge in [0, 0.05) is 31.6 Å². The second kappa shape index (κ2) is 7.92. The number of hydrogen-bond donors (Lipinski definition) is 1. The number of aromatic amines is 1. The molecule has 5 heteroatoms. The third-order valence-electron chi connectivity index (χ3n) is 5.44. The van der Waals surface area contributed by atoms with Crippen LogP contribution in [0.1, 0.15) is 29.4 Å². The minimum absolute atomic E-state index is 0.0245. The lowest BCUT2D eigenvalue weighted by molar-refractivity contribution is 0.0735. The molecule has 2 aromatic carbocycles. The average molecular weight is 362 g/mol. The lowest BCUT2D eigenvalue weighted by Gasteiger charge is -2.24. The van der Waals surface area contributed by atoms with Gasteiger partial charge in [-0.2, -0.15) is 5.10 Å². The Bertz CT molecular complexity index is 905. The lowest BCUT2D eigenvalue weighted by atomic mass is 10.1. The van der Waals surface area contributed by atoms with Gasteiger partial charge in [0.05, 0.1) is 5.52 Å². The van der Waals surface area contributed by atoms with Crippen molar-refractivity contribution in [2.45, 2.75) is 19.9 Å². The summed E-state index contributed by atoms with van der Waals surface area (Å²) in [6, 6.07) is 18.4. The highest BCUT2D eigenvalue weighted by atomic mass is 16.2. The normalized spacial score (nSPS) is 17.4.